The van der Waals surface area contributed by atoms with Crippen LogP contribution in [-0.4, -0.2) is 25.3 Å². The molecule has 0 bridgehead atoms. The Hall–Kier alpha value is -0.0800. The zero-order valence-corrected chi connectivity index (χ0v) is 9.60. The number of hydrogen-bond donors (Lipinski definition) is 1. The zero-order valence-electron chi connectivity index (χ0n) is 9.60. The minimum Gasteiger partial charge on any atom is -0.377 e. The molecule has 80 valence electrons. The Kier molecular flexibility index (Phi) is 8.46. The molecule has 0 saturated heterocycles. The molecular weight excluding hydrogens is 162 g/mol. The normalized spacial score (nSPS) is 13.6. The average molecular weight is 187 g/mol. The van der Waals surface area contributed by atoms with E-state index in [-0.39, 0.29) is 0 Å². The Morgan fingerprint density at radius 2 is 1.92 bits per heavy atom. The molecule has 2 nitrogen and oxygen atoms in total. The quantitative estimate of drug-likeness (QED) is 0.590. The summed E-state index contributed by atoms with van der Waals surface area (Å²) in [5.41, 5.74) is 0. The van der Waals surface area contributed by atoms with Crippen LogP contribution >= 0.6 is 0 Å². The van der Waals surface area contributed by atoms with Gasteiger partial charge >= 0.3 is 0 Å². The number of nitrogens with one attached hydrogen (secondary N) is 1. The molecular formula is C11H25NO. The van der Waals surface area contributed by atoms with Crippen molar-refractivity contribution in [3.63, 3.8) is 0 Å². The van der Waals surface area contributed by atoms with E-state index in [4.69, 9.17) is 4.74 Å². The molecule has 1 N–H and O–H groups in total. The van der Waals surface area contributed by atoms with E-state index in [9.17, 15) is 0 Å². The molecule has 2 heteroatoms. The van der Waals surface area contributed by atoms with Gasteiger partial charge in [0, 0.05) is 12.6 Å². The van der Waals surface area contributed by atoms with Gasteiger partial charge in [-0.2, -0.15) is 0 Å². The Bertz CT molecular complexity index is 104. The van der Waals surface area contributed by atoms with Crippen LogP contribution in [0.15, 0.2) is 0 Å². The average Bonchev–Trinajstić information content (AvgIpc) is 2.08. The van der Waals surface area contributed by atoms with Crippen LogP contribution in [0, 0.1) is 0 Å². The zero-order chi connectivity index (χ0) is 10.1. The van der Waals surface area contributed by atoms with Crippen LogP contribution in [0.5, 0.6) is 0 Å². The first-order valence-electron chi connectivity index (χ1n) is 5.51. The Morgan fingerprint density at radius 3 is 2.46 bits per heavy atom. The predicted octanol–water partition coefficient (Wildman–Crippen LogP) is 2.58. The van der Waals surface area contributed by atoms with Gasteiger partial charge in [-0.15, -0.1) is 0 Å². The second kappa shape index (κ2) is 8.52. The smallest absolute Gasteiger partial charge is 0.0594 e. The fraction of sp³-hybridized carbons (Fsp3) is 1.00. The summed E-state index contributed by atoms with van der Waals surface area (Å²) in [5, 5.41) is 3.45. The van der Waals surface area contributed by atoms with E-state index in [0.29, 0.717) is 12.1 Å². The van der Waals surface area contributed by atoms with Gasteiger partial charge in [-0.25, -0.2) is 0 Å². The highest BCUT2D eigenvalue weighted by molar-refractivity contribution is 4.59. The molecule has 13 heavy (non-hydrogen) atoms. The van der Waals surface area contributed by atoms with Crippen molar-refractivity contribution in [3.8, 4) is 0 Å². The lowest BCUT2D eigenvalue weighted by Crippen LogP contribution is -2.30. The molecule has 0 heterocycles. The maximum absolute atomic E-state index is 5.43. The minimum atomic E-state index is 0.354. The van der Waals surface area contributed by atoms with Crippen molar-refractivity contribution in [2.75, 3.05) is 13.2 Å². The van der Waals surface area contributed by atoms with Gasteiger partial charge in [0.2, 0.25) is 0 Å². The topological polar surface area (TPSA) is 21.3 Å². The summed E-state index contributed by atoms with van der Waals surface area (Å²) in [5.74, 6) is 0. The molecule has 0 spiro atoms. The van der Waals surface area contributed by atoms with Crippen molar-refractivity contribution in [1.29, 1.82) is 0 Å². The molecule has 0 aliphatic rings. The van der Waals surface area contributed by atoms with E-state index < -0.39 is 0 Å². The molecule has 0 fully saturated rings. The molecule has 0 radical (unpaired) electrons. The van der Waals surface area contributed by atoms with Gasteiger partial charge in [0.25, 0.3) is 0 Å². The van der Waals surface area contributed by atoms with Crippen molar-refractivity contribution in [1.82, 2.24) is 5.32 Å². The highest BCUT2D eigenvalue weighted by Crippen LogP contribution is 1.98. The van der Waals surface area contributed by atoms with E-state index in [1.807, 2.05) is 0 Å². The van der Waals surface area contributed by atoms with E-state index in [2.05, 4.69) is 33.0 Å². The van der Waals surface area contributed by atoms with Crippen molar-refractivity contribution < 1.29 is 4.74 Å². The Balaban J connectivity index is 3.12. The molecule has 1 atom stereocenters. The van der Waals surface area contributed by atoms with Crippen LogP contribution in [0.2, 0.25) is 0 Å². The summed E-state index contributed by atoms with van der Waals surface area (Å²) in [6.07, 6.45) is 4.24. The lowest BCUT2D eigenvalue weighted by molar-refractivity contribution is 0.0794. The van der Waals surface area contributed by atoms with Gasteiger partial charge in [-0.1, -0.05) is 19.8 Å². The van der Waals surface area contributed by atoms with E-state index in [1.54, 1.807) is 0 Å². The van der Waals surface area contributed by atoms with Gasteiger partial charge in [-0.3, -0.25) is 0 Å². The third kappa shape index (κ3) is 9.84. The first-order chi connectivity index (χ1) is 6.16. The van der Waals surface area contributed by atoms with E-state index >= 15 is 0 Å². The summed E-state index contributed by atoms with van der Waals surface area (Å²) in [6.45, 7) is 10.4. The first-order valence-corrected chi connectivity index (χ1v) is 5.51. The van der Waals surface area contributed by atoms with Crippen molar-refractivity contribution in [2.24, 2.45) is 0 Å². The van der Waals surface area contributed by atoms with Crippen LogP contribution in [0.4, 0.5) is 0 Å². The summed E-state index contributed by atoms with van der Waals surface area (Å²) >= 11 is 0. The number of hydrogen-bond acceptors (Lipinski definition) is 2. The molecule has 1 unspecified atom stereocenters. The second-order valence-corrected chi connectivity index (χ2v) is 3.92. The minimum absolute atomic E-state index is 0.354. The van der Waals surface area contributed by atoms with Gasteiger partial charge in [0.1, 0.15) is 0 Å². The van der Waals surface area contributed by atoms with Gasteiger partial charge in [-0.05, 0) is 27.2 Å². The fourth-order valence-corrected chi connectivity index (χ4v) is 1.21. The van der Waals surface area contributed by atoms with Crippen LogP contribution in [-0.2, 0) is 4.74 Å². The number of ether oxygens (including phenoxy) is 1. The number of unbranched alkanes of at least 4 members (excludes halogenated alkanes) is 1. The molecule has 0 aromatic carbocycles. The van der Waals surface area contributed by atoms with E-state index in [0.717, 1.165) is 13.2 Å². The molecule has 0 aliphatic heterocycles. The van der Waals surface area contributed by atoms with Crippen molar-refractivity contribution >= 4 is 0 Å². The lowest BCUT2D eigenvalue weighted by Gasteiger charge is -2.14. The maximum Gasteiger partial charge on any atom is 0.0594 e. The van der Waals surface area contributed by atoms with E-state index in [1.165, 1.54) is 19.3 Å². The highest BCUT2D eigenvalue weighted by Gasteiger charge is 1.99. The summed E-state index contributed by atoms with van der Waals surface area (Å²) in [6, 6.07) is 0.635. The highest BCUT2D eigenvalue weighted by atomic mass is 16.5. The predicted molar refractivity (Wildman–Crippen MR) is 58.1 cm³/mol. The first kappa shape index (κ1) is 12.9. The monoisotopic (exact) mass is 187 g/mol. The van der Waals surface area contributed by atoms with Crippen LogP contribution in [0.3, 0.4) is 0 Å². The lowest BCUT2D eigenvalue weighted by atomic mass is 10.1. The summed E-state index contributed by atoms with van der Waals surface area (Å²) in [4.78, 5) is 0. The molecule has 0 amide bonds. The van der Waals surface area contributed by atoms with Crippen LogP contribution < -0.4 is 5.32 Å². The standard InChI is InChI=1S/C11H25NO/c1-5-6-7-11(4)12-8-9-13-10(2)3/h10-12H,5-9H2,1-4H3. The second-order valence-electron chi connectivity index (χ2n) is 3.92. The van der Waals surface area contributed by atoms with Crippen molar-refractivity contribution in [3.05, 3.63) is 0 Å². The molecule has 0 aromatic rings. The third-order valence-corrected chi connectivity index (χ3v) is 2.04. The maximum atomic E-state index is 5.43. The van der Waals surface area contributed by atoms with Crippen LogP contribution in [0.1, 0.15) is 47.0 Å². The van der Waals surface area contributed by atoms with Gasteiger partial charge < -0.3 is 10.1 Å². The van der Waals surface area contributed by atoms with Gasteiger partial charge in [0.15, 0.2) is 0 Å². The fourth-order valence-electron chi connectivity index (χ4n) is 1.21. The molecule has 0 rings (SSSR count). The molecule has 0 aliphatic carbocycles. The summed E-state index contributed by atoms with van der Waals surface area (Å²) in [7, 11) is 0. The van der Waals surface area contributed by atoms with Gasteiger partial charge in [0.05, 0.1) is 12.7 Å². The number of rotatable bonds is 8. The molecule has 0 saturated carbocycles. The van der Waals surface area contributed by atoms with Crippen LogP contribution in [0.25, 0.3) is 0 Å². The SMILES string of the molecule is CCCCC(C)NCCOC(C)C. The third-order valence-electron chi connectivity index (χ3n) is 2.04. The van der Waals surface area contributed by atoms with Crippen molar-refractivity contribution in [2.45, 2.75) is 59.1 Å². The Labute approximate surface area is 83.1 Å². The summed E-state index contributed by atoms with van der Waals surface area (Å²) < 4.78 is 5.43. The molecule has 0 aromatic heterocycles. The Morgan fingerprint density at radius 1 is 1.23 bits per heavy atom. The largest absolute Gasteiger partial charge is 0.377 e.